The largest absolute Gasteiger partial charge is 0.489 e. The summed E-state index contributed by atoms with van der Waals surface area (Å²) in [6.07, 6.45) is 1.69. The molecular formula is C27H23ClN2O4S. The number of ether oxygens (including phenoxy) is 2. The number of methoxy groups -OCH3 is 1. The van der Waals surface area contributed by atoms with Crippen LogP contribution < -0.4 is 9.64 Å². The van der Waals surface area contributed by atoms with Crippen LogP contribution in [0.15, 0.2) is 78.5 Å². The fourth-order valence-corrected chi connectivity index (χ4v) is 4.11. The van der Waals surface area contributed by atoms with Crippen molar-refractivity contribution in [1.82, 2.24) is 4.90 Å². The second kappa shape index (κ2) is 10.7. The molecule has 8 heteroatoms. The molecule has 0 saturated carbocycles. The molecular weight excluding hydrogens is 484 g/mol. The Bertz CT molecular complexity index is 1290. The Morgan fingerprint density at radius 2 is 1.77 bits per heavy atom. The van der Waals surface area contributed by atoms with Crippen LogP contribution in [0.3, 0.4) is 0 Å². The standard InChI is InChI=1S/C27H23ClN2O4S/c1-18-4-3-5-20(14-18)17-34-23-12-6-19(7-13-23)15-24-26(32)30(22-10-8-21(28)9-11-22)27(35)29(24)16-25(31)33-2/h3-15H,16-17H2,1-2H3/b24-15-. The molecule has 1 amide bonds. The van der Waals surface area contributed by atoms with Gasteiger partial charge in [0.1, 0.15) is 24.6 Å². The van der Waals surface area contributed by atoms with E-state index < -0.39 is 5.97 Å². The van der Waals surface area contributed by atoms with Crippen molar-refractivity contribution >= 4 is 52.6 Å². The molecule has 35 heavy (non-hydrogen) atoms. The van der Waals surface area contributed by atoms with Crippen LogP contribution in [0, 0.1) is 6.92 Å². The van der Waals surface area contributed by atoms with Crippen molar-refractivity contribution in [2.45, 2.75) is 13.5 Å². The smallest absolute Gasteiger partial charge is 0.325 e. The van der Waals surface area contributed by atoms with Crippen LogP contribution in [0.1, 0.15) is 16.7 Å². The van der Waals surface area contributed by atoms with Gasteiger partial charge in [-0.25, -0.2) is 0 Å². The summed E-state index contributed by atoms with van der Waals surface area (Å²) in [5.41, 5.74) is 3.84. The van der Waals surface area contributed by atoms with Crippen LogP contribution in [0.25, 0.3) is 6.08 Å². The third-order valence-corrected chi connectivity index (χ3v) is 6.06. The Morgan fingerprint density at radius 3 is 2.43 bits per heavy atom. The Labute approximate surface area is 214 Å². The highest BCUT2D eigenvalue weighted by atomic mass is 35.5. The Hall–Kier alpha value is -3.68. The van der Waals surface area contributed by atoms with Gasteiger partial charge in [-0.3, -0.25) is 14.5 Å². The van der Waals surface area contributed by atoms with Crippen LogP contribution >= 0.6 is 23.8 Å². The van der Waals surface area contributed by atoms with Crippen molar-refractivity contribution in [2.24, 2.45) is 0 Å². The van der Waals surface area contributed by atoms with Gasteiger partial charge in [0.05, 0.1) is 12.8 Å². The van der Waals surface area contributed by atoms with Gasteiger partial charge in [-0.05, 0) is 72.7 Å². The summed E-state index contributed by atoms with van der Waals surface area (Å²) >= 11 is 11.5. The van der Waals surface area contributed by atoms with E-state index >= 15 is 0 Å². The lowest BCUT2D eigenvalue weighted by Gasteiger charge is -2.19. The lowest BCUT2D eigenvalue weighted by atomic mass is 10.1. The van der Waals surface area contributed by atoms with Gasteiger partial charge in [-0.1, -0.05) is 53.6 Å². The molecule has 1 aliphatic rings. The summed E-state index contributed by atoms with van der Waals surface area (Å²) in [5, 5.41) is 0.727. The van der Waals surface area contributed by atoms with E-state index in [1.807, 2.05) is 49.4 Å². The van der Waals surface area contributed by atoms with Gasteiger partial charge in [0.2, 0.25) is 0 Å². The van der Waals surface area contributed by atoms with Crippen LogP contribution in [-0.4, -0.2) is 35.5 Å². The zero-order valence-corrected chi connectivity index (χ0v) is 20.8. The molecule has 0 aromatic heterocycles. The number of esters is 1. The predicted molar refractivity (Wildman–Crippen MR) is 140 cm³/mol. The minimum atomic E-state index is -0.510. The van der Waals surface area contributed by atoms with Gasteiger partial charge < -0.3 is 14.4 Å². The maximum Gasteiger partial charge on any atom is 0.325 e. The maximum absolute atomic E-state index is 13.4. The molecule has 1 aliphatic heterocycles. The van der Waals surface area contributed by atoms with Crippen LogP contribution in [-0.2, 0) is 20.9 Å². The van der Waals surface area contributed by atoms with E-state index in [4.69, 9.17) is 33.3 Å². The molecule has 0 bridgehead atoms. The Balaban J connectivity index is 1.57. The summed E-state index contributed by atoms with van der Waals surface area (Å²) in [6, 6.07) is 22.2. The summed E-state index contributed by atoms with van der Waals surface area (Å²) in [7, 11) is 1.29. The number of hydrogen-bond acceptors (Lipinski definition) is 5. The first-order chi connectivity index (χ1) is 16.9. The summed E-state index contributed by atoms with van der Waals surface area (Å²) in [4.78, 5) is 28.3. The highest BCUT2D eigenvalue weighted by Gasteiger charge is 2.40. The van der Waals surface area contributed by atoms with Gasteiger partial charge >= 0.3 is 5.97 Å². The van der Waals surface area contributed by atoms with Crippen molar-refractivity contribution < 1.29 is 19.1 Å². The van der Waals surface area contributed by atoms with Gasteiger partial charge in [-0.2, -0.15) is 0 Å². The van der Waals surface area contributed by atoms with Crippen LogP contribution in [0.4, 0.5) is 5.69 Å². The second-order valence-electron chi connectivity index (χ2n) is 7.94. The minimum Gasteiger partial charge on any atom is -0.489 e. The molecule has 3 aromatic rings. The maximum atomic E-state index is 13.4. The molecule has 1 fully saturated rings. The fourth-order valence-electron chi connectivity index (χ4n) is 3.63. The zero-order chi connectivity index (χ0) is 24.9. The number of amides is 1. The molecule has 0 aliphatic carbocycles. The van der Waals surface area contributed by atoms with Crippen molar-refractivity contribution in [3.63, 3.8) is 0 Å². The molecule has 0 atom stereocenters. The minimum absolute atomic E-state index is 0.186. The SMILES string of the molecule is COC(=O)CN1C(=S)N(c2ccc(Cl)cc2)C(=O)/C1=C/c1ccc(OCc2cccc(C)c2)cc1. The van der Waals surface area contributed by atoms with Crippen LogP contribution in [0.5, 0.6) is 5.75 Å². The number of nitrogens with zero attached hydrogens (tertiary/aromatic N) is 2. The highest BCUT2D eigenvalue weighted by Crippen LogP contribution is 2.30. The highest BCUT2D eigenvalue weighted by molar-refractivity contribution is 7.80. The molecule has 0 unspecified atom stereocenters. The molecule has 1 saturated heterocycles. The average molecular weight is 507 g/mol. The van der Waals surface area contributed by atoms with Crippen molar-refractivity contribution in [2.75, 3.05) is 18.6 Å². The zero-order valence-electron chi connectivity index (χ0n) is 19.2. The van der Waals surface area contributed by atoms with Gasteiger partial charge in [-0.15, -0.1) is 0 Å². The number of carbonyl (C=O) groups excluding carboxylic acids is 2. The van der Waals surface area contributed by atoms with Crippen molar-refractivity contribution in [1.29, 1.82) is 0 Å². The van der Waals surface area contributed by atoms with Gasteiger partial charge in [0, 0.05) is 5.02 Å². The summed E-state index contributed by atoms with van der Waals surface area (Å²) in [6.45, 7) is 2.31. The third-order valence-electron chi connectivity index (χ3n) is 5.41. The number of thiocarbonyl (C=S) groups is 1. The molecule has 6 nitrogen and oxygen atoms in total. The van der Waals surface area contributed by atoms with Crippen molar-refractivity contribution in [3.8, 4) is 5.75 Å². The summed E-state index contributed by atoms with van der Waals surface area (Å²) < 4.78 is 10.7. The van der Waals surface area contributed by atoms with E-state index in [1.54, 1.807) is 30.3 Å². The van der Waals surface area contributed by atoms with E-state index in [9.17, 15) is 9.59 Å². The number of rotatable bonds is 7. The predicted octanol–water partition coefficient (Wildman–Crippen LogP) is 5.38. The number of hydrogen-bond donors (Lipinski definition) is 0. The first kappa shape index (κ1) is 24.4. The molecule has 0 N–H and O–H groups in total. The number of halogens is 1. The molecule has 0 radical (unpaired) electrons. The molecule has 178 valence electrons. The number of anilines is 1. The Kier molecular flexibility index (Phi) is 7.48. The van der Waals surface area contributed by atoms with Gasteiger partial charge in [0.25, 0.3) is 5.91 Å². The number of aryl methyl sites for hydroxylation is 1. The van der Waals surface area contributed by atoms with E-state index in [2.05, 4.69) is 6.07 Å². The fraction of sp³-hybridized carbons (Fsp3) is 0.148. The number of carbonyl (C=O) groups is 2. The second-order valence-corrected chi connectivity index (χ2v) is 8.74. The average Bonchev–Trinajstić information content (AvgIpc) is 3.08. The third kappa shape index (κ3) is 5.70. The monoisotopic (exact) mass is 506 g/mol. The van der Waals surface area contributed by atoms with Crippen molar-refractivity contribution in [3.05, 3.63) is 100 Å². The van der Waals surface area contributed by atoms with E-state index in [-0.39, 0.29) is 23.3 Å². The quantitative estimate of drug-likeness (QED) is 0.244. The summed E-state index contributed by atoms with van der Waals surface area (Å²) in [5.74, 6) is -0.152. The van der Waals surface area contributed by atoms with Crippen LogP contribution in [0.2, 0.25) is 5.02 Å². The molecule has 4 rings (SSSR count). The molecule has 1 heterocycles. The first-order valence-electron chi connectivity index (χ1n) is 10.8. The van der Waals surface area contributed by atoms with E-state index in [0.717, 1.165) is 11.1 Å². The molecule has 0 spiro atoms. The Morgan fingerprint density at radius 1 is 1.06 bits per heavy atom. The topological polar surface area (TPSA) is 59.1 Å². The molecule has 3 aromatic carbocycles. The lowest BCUT2D eigenvalue weighted by molar-refractivity contribution is -0.140. The van der Waals surface area contributed by atoms with E-state index in [1.165, 1.54) is 22.5 Å². The number of benzene rings is 3. The van der Waals surface area contributed by atoms with E-state index in [0.29, 0.717) is 23.1 Å². The normalized spacial score (nSPS) is 14.5. The first-order valence-corrected chi connectivity index (χ1v) is 11.6. The van der Waals surface area contributed by atoms with Gasteiger partial charge in [0.15, 0.2) is 5.11 Å². The lowest BCUT2D eigenvalue weighted by Crippen LogP contribution is -2.35.